The third-order valence-electron chi connectivity index (χ3n) is 4.30. The van der Waals surface area contributed by atoms with Crippen LogP contribution in [0.15, 0.2) is 78.9 Å². The lowest BCUT2D eigenvalue weighted by Gasteiger charge is -2.28. The molecule has 0 saturated heterocycles. The number of rotatable bonds is 6. The summed E-state index contributed by atoms with van der Waals surface area (Å²) < 4.78 is 11.4. The number of carbonyl (C=O) groups excluding carboxylic acids is 1. The SMILES string of the molecule is O=C1N[C@@H](c2cccc(OCCOc3ccccc3)c2)Nc2ccccc21. The molecule has 3 aromatic rings. The maximum atomic E-state index is 12.3. The number of fused-ring (bicyclic) bond motifs is 1. The Labute approximate surface area is 157 Å². The van der Waals surface area contributed by atoms with Crippen LogP contribution in [0.5, 0.6) is 11.5 Å². The molecule has 5 heteroatoms. The van der Waals surface area contributed by atoms with Gasteiger partial charge in [-0.3, -0.25) is 4.79 Å². The van der Waals surface area contributed by atoms with E-state index in [2.05, 4.69) is 10.6 Å². The largest absolute Gasteiger partial charge is 0.490 e. The summed E-state index contributed by atoms with van der Waals surface area (Å²) in [5, 5.41) is 6.32. The van der Waals surface area contributed by atoms with E-state index in [9.17, 15) is 4.79 Å². The number of carbonyl (C=O) groups is 1. The van der Waals surface area contributed by atoms with Gasteiger partial charge < -0.3 is 20.1 Å². The van der Waals surface area contributed by atoms with Crippen molar-refractivity contribution in [3.8, 4) is 11.5 Å². The highest BCUT2D eigenvalue weighted by Crippen LogP contribution is 2.27. The molecule has 0 bridgehead atoms. The van der Waals surface area contributed by atoms with E-state index in [-0.39, 0.29) is 12.1 Å². The molecule has 27 heavy (non-hydrogen) atoms. The number of anilines is 1. The monoisotopic (exact) mass is 360 g/mol. The zero-order valence-corrected chi connectivity index (χ0v) is 14.7. The molecule has 1 aliphatic heterocycles. The van der Waals surface area contributed by atoms with E-state index in [1.807, 2.05) is 72.8 Å². The second-order valence-electron chi connectivity index (χ2n) is 6.18. The molecule has 136 valence electrons. The molecule has 5 nitrogen and oxygen atoms in total. The molecule has 3 aromatic carbocycles. The molecule has 1 aliphatic rings. The number of ether oxygens (including phenoxy) is 2. The predicted octanol–water partition coefficient (Wildman–Crippen LogP) is 4.00. The lowest BCUT2D eigenvalue weighted by atomic mass is 10.1. The quantitative estimate of drug-likeness (QED) is 0.653. The molecule has 1 heterocycles. The predicted molar refractivity (Wildman–Crippen MR) is 104 cm³/mol. The summed E-state index contributed by atoms with van der Waals surface area (Å²) in [4.78, 5) is 12.3. The van der Waals surface area contributed by atoms with Gasteiger partial charge in [-0.15, -0.1) is 0 Å². The van der Waals surface area contributed by atoms with Crippen LogP contribution in [0.2, 0.25) is 0 Å². The minimum absolute atomic E-state index is 0.0862. The number of nitrogens with one attached hydrogen (secondary N) is 2. The van der Waals surface area contributed by atoms with Gasteiger partial charge in [0.2, 0.25) is 0 Å². The van der Waals surface area contributed by atoms with Crippen molar-refractivity contribution < 1.29 is 14.3 Å². The Balaban J connectivity index is 1.37. The molecule has 0 fully saturated rings. The van der Waals surface area contributed by atoms with E-state index in [1.54, 1.807) is 6.07 Å². The van der Waals surface area contributed by atoms with Gasteiger partial charge in [-0.1, -0.05) is 42.5 Å². The summed E-state index contributed by atoms with van der Waals surface area (Å²) in [6, 6.07) is 24.8. The van der Waals surface area contributed by atoms with Crippen LogP contribution in [0.4, 0.5) is 5.69 Å². The third-order valence-corrected chi connectivity index (χ3v) is 4.30. The number of hydrogen-bond acceptors (Lipinski definition) is 4. The molecule has 0 saturated carbocycles. The van der Waals surface area contributed by atoms with Crippen LogP contribution in [0.1, 0.15) is 22.1 Å². The van der Waals surface area contributed by atoms with Crippen molar-refractivity contribution in [2.45, 2.75) is 6.17 Å². The van der Waals surface area contributed by atoms with E-state index in [0.717, 1.165) is 22.7 Å². The van der Waals surface area contributed by atoms with Crippen LogP contribution in [0.3, 0.4) is 0 Å². The molecule has 2 N–H and O–H groups in total. The molecule has 4 rings (SSSR count). The minimum atomic E-state index is -0.295. The van der Waals surface area contributed by atoms with Crippen molar-refractivity contribution in [2.75, 3.05) is 18.5 Å². The fraction of sp³-hybridized carbons (Fsp3) is 0.136. The zero-order chi connectivity index (χ0) is 18.5. The van der Waals surface area contributed by atoms with E-state index in [0.29, 0.717) is 18.8 Å². The van der Waals surface area contributed by atoms with Gasteiger partial charge in [-0.25, -0.2) is 0 Å². The van der Waals surface area contributed by atoms with Crippen LogP contribution in [0.25, 0.3) is 0 Å². The van der Waals surface area contributed by atoms with E-state index >= 15 is 0 Å². The van der Waals surface area contributed by atoms with Crippen molar-refractivity contribution in [3.05, 3.63) is 90.0 Å². The maximum absolute atomic E-state index is 12.3. The standard InChI is InChI=1S/C22H20N2O3/c25-22-19-11-4-5-12-20(19)23-21(24-22)16-7-6-10-18(15-16)27-14-13-26-17-8-2-1-3-9-17/h1-12,15,21,23H,13-14H2,(H,24,25)/t21-/m0/s1. The van der Waals surface area contributed by atoms with Gasteiger partial charge in [-0.2, -0.15) is 0 Å². The Morgan fingerprint density at radius 3 is 2.30 bits per heavy atom. The highest BCUT2D eigenvalue weighted by molar-refractivity contribution is 6.01. The number of amides is 1. The highest BCUT2D eigenvalue weighted by Gasteiger charge is 2.24. The van der Waals surface area contributed by atoms with Crippen LogP contribution in [0, 0.1) is 0 Å². The van der Waals surface area contributed by atoms with Crippen LogP contribution in [-0.4, -0.2) is 19.1 Å². The topological polar surface area (TPSA) is 59.6 Å². The molecular weight excluding hydrogens is 340 g/mol. The normalized spacial score (nSPS) is 15.3. The van der Waals surface area contributed by atoms with Gasteiger partial charge in [0.15, 0.2) is 0 Å². The van der Waals surface area contributed by atoms with Crippen molar-refractivity contribution in [3.63, 3.8) is 0 Å². The Hall–Kier alpha value is -3.47. The van der Waals surface area contributed by atoms with Crippen molar-refractivity contribution in [1.82, 2.24) is 5.32 Å². The van der Waals surface area contributed by atoms with Gasteiger partial charge in [0.05, 0.1) is 5.56 Å². The minimum Gasteiger partial charge on any atom is -0.490 e. The van der Waals surface area contributed by atoms with Crippen molar-refractivity contribution in [1.29, 1.82) is 0 Å². The first kappa shape index (κ1) is 17.0. The molecule has 0 aromatic heterocycles. The first-order chi connectivity index (χ1) is 13.3. The Kier molecular flexibility index (Phi) is 4.92. The lowest BCUT2D eigenvalue weighted by Crippen LogP contribution is -2.38. The Bertz CT molecular complexity index is 928. The Morgan fingerprint density at radius 2 is 1.44 bits per heavy atom. The number of para-hydroxylation sites is 2. The molecule has 0 radical (unpaired) electrons. The van der Waals surface area contributed by atoms with Gasteiger partial charge in [0, 0.05) is 5.69 Å². The lowest BCUT2D eigenvalue weighted by molar-refractivity contribution is 0.0935. The first-order valence-corrected chi connectivity index (χ1v) is 8.87. The van der Waals surface area contributed by atoms with Gasteiger partial charge in [0.1, 0.15) is 30.9 Å². The summed E-state index contributed by atoms with van der Waals surface area (Å²) >= 11 is 0. The summed E-state index contributed by atoms with van der Waals surface area (Å²) in [6.07, 6.45) is -0.295. The maximum Gasteiger partial charge on any atom is 0.255 e. The number of hydrogen-bond donors (Lipinski definition) is 2. The third kappa shape index (κ3) is 4.03. The zero-order valence-electron chi connectivity index (χ0n) is 14.7. The van der Waals surface area contributed by atoms with Crippen LogP contribution in [-0.2, 0) is 0 Å². The van der Waals surface area contributed by atoms with Crippen LogP contribution < -0.4 is 20.1 Å². The van der Waals surface area contributed by atoms with Gasteiger partial charge >= 0.3 is 0 Å². The molecule has 0 aliphatic carbocycles. The van der Waals surface area contributed by atoms with E-state index in [4.69, 9.17) is 9.47 Å². The van der Waals surface area contributed by atoms with E-state index < -0.39 is 0 Å². The van der Waals surface area contributed by atoms with Crippen molar-refractivity contribution in [2.24, 2.45) is 0 Å². The van der Waals surface area contributed by atoms with Gasteiger partial charge in [-0.05, 0) is 42.0 Å². The van der Waals surface area contributed by atoms with E-state index in [1.165, 1.54) is 0 Å². The average molecular weight is 360 g/mol. The second kappa shape index (κ2) is 7.83. The summed E-state index contributed by atoms with van der Waals surface area (Å²) in [7, 11) is 0. The van der Waals surface area contributed by atoms with Gasteiger partial charge in [0.25, 0.3) is 5.91 Å². The molecule has 1 atom stereocenters. The smallest absolute Gasteiger partial charge is 0.255 e. The molecule has 0 unspecified atom stereocenters. The Morgan fingerprint density at radius 1 is 0.741 bits per heavy atom. The molecule has 1 amide bonds. The number of benzene rings is 3. The average Bonchev–Trinajstić information content (AvgIpc) is 2.72. The summed E-state index contributed by atoms with van der Waals surface area (Å²) in [6.45, 7) is 0.895. The van der Waals surface area contributed by atoms with Crippen LogP contribution >= 0.6 is 0 Å². The van der Waals surface area contributed by atoms with Crippen molar-refractivity contribution >= 4 is 11.6 Å². The summed E-state index contributed by atoms with van der Waals surface area (Å²) in [5.41, 5.74) is 2.41. The summed E-state index contributed by atoms with van der Waals surface area (Å²) in [5.74, 6) is 1.47. The fourth-order valence-corrected chi connectivity index (χ4v) is 2.99. The molecular formula is C22H20N2O3. The first-order valence-electron chi connectivity index (χ1n) is 8.87. The molecule has 0 spiro atoms. The highest BCUT2D eigenvalue weighted by atomic mass is 16.5. The fourth-order valence-electron chi connectivity index (χ4n) is 2.99. The second-order valence-corrected chi connectivity index (χ2v) is 6.18.